The molecular weight excluding hydrogens is 364 g/mol. The highest BCUT2D eigenvalue weighted by Crippen LogP contribution is 2.26. The number of aliphatic hydroxyl groups excluding tert-OH is 4. The summed E-state index contributed by atoms with van der Waals surface area (Å²) >= 11 is 0. The highest BCUT2D eigenvalue weighted by atomic mass is 16.5. The van der Waals surface area contributed by atoms with E-state index in [0.29, 0.717) is 11.1 Å². The van der Waals surface area contributed by atoms with Crippen molar-refractivity contribution in [2.45, 2.75) is 36.9 Å². The Morgan fingerprint density at radius 2 is 1.39 bits per heavy atom. The van der Waals surface area contributed by atoms with Crippen molar-refractivity contribution in [3.05, 3.63) is 59.2 Å². The van der Waals surface area contributed by atoms with E-state index in [1.165, 1.54) is 6.07 Å². The van der Waals surface area contributed by atoms with Crippen molar-refractivity contribution in [3.63, 3.8) is 0 Å². The van der Waals surface area contributed by atoms with Gasteiger partial charge in [-0.05, 0) is 41.0 Å². The van der Waals surface area contributed by atoms with E-state index in [1.54, 1.807) is 42.5 Å². The van der Waals surface area contributed by atoms with Crippen LogP contribution in [-0.4, -0.2) is 67.8 Å². The summed E-state index contributed by atoms with van der Waals surface area (Å²) in [5.41, 5.74) is 2.25. The molecule has 0 saturated carbocycles. The smallest absolute Gasteiger partial charge is 0.116 e. The van der Waals surface area contributed by atoms with Crippen LogP contribution < -0.4 is 0 Å². The lowest BCUT2D eigenvalue weighted by molar-refractivity contribution is -0.228. The maximum absolute atomic E-state index is 10.2. The van der Waals surface area contributed by atoms with Crippen molar-refractivity contribution in [3.8, 4) is 11.5 Å². The van der Waals surface area contributed by atoms with Crippen LogP contribution in [0.15, 0.2) is 42.5 Å². The van der Waals surface area contributed by atoms with Crippen LogP contribution in [0, 0.1) is 0 Å². The zero-order valence-corrected chi connectivity index (χ0v) is 15.1. The normalized spacial score (nSPS) is 27.9. The highest BCUT2D eigenvalue weighted by Gasteiger charge is 2.43. The summed E-state index contributed by atoms with van der Waals surface area (Å²) in [7, 11) is 0. The molecule has 1 aliphatic heterocycles. The Morgan fingerprint density at radius 1 is 0.750 bits per heavy atom. The molecular formula is C21H24O7. The lowest BCUT2D eigenvalue weighted by Gasteiger charge is -2.40. The van der Waals surface area contributed by atoms with Gasteiger partial charge in [0.15, 0.2) is 0 Å². The van der Waals surface area contributed by atoms with E-state index in [4.69, 9.17) is 4.74 Å². The molecule has 7 nitrogen and oxygen atoms in total. The number of rotatable bonds is 5. The minimum absolute atomic E-state index is 0.0347. The number of phenols is 2. The molecule has 2 aromatic rings. The standard InChI is InChI=1S/C21H24O7/c22-11-18-20(26)21(27)19(25)17(28-18)10-14-7-13(8-16(24)9-14)2-1-12-3-5-15(23)6-4-12/h1-9,17-27H,10-11H2. The molecule has 2 aromatic carbocycles. The molecule has 7 heteroatoms. The Hall–Kier alpha value is -2.42. The fraction of sp³-hybridized carbons (Fsp3) is 0.333. The molecule has 0 radical (unpaired) electrons. The lowest BCUT2D eigenvalue weighted by atomic mass is 9.91. The molecule has 0 aliphatic carbocycles. The van der Waals surface area contributed by atoms with Gasteiger partial charge in [0.25, 0.3) is 0 Å². The lowest BCUT2D eigenvalue weighted by Crippen LogP contribution is -2.59. The minimum Gasteiger partial charge on any atom is -0.508 e. The summed E-state index contributed by atoms with van der Waals surface area (Å²) in [4.78, 5) is 0. The van der Waals surface area contributed by atoms with E-state index in [1.807, 2.05) is 6.08 Å². The molecule has 0 aromatic heterocycles. The van der Waals surface area contributed by atoms with Gasteiger partial charge in [0.1, 0.15) is 35.9 Å². The number of ether oxygens (including phenoxy) is 1. The second-order valence-electron chi connectivity index (χ2n) is 6.93. The van der Waals surface area contributed by atoms with Crippen LogP contribution in [0.25, 0.3) is 12.2 Å². The predicted octanol–water partition coefficient (Wildman–Crippen LogP) is 0.653. The Morgan fingerprint density at radius 3 is 2.07 bits per heavy atom. The molecule has 0 bridgehead atoms. The van der Waals surface area contributed by atoms with Gasteiger partial charge in [0.05, 0.1) is 12.7 Å². The third-order valence-electron chi connectivity index (χ3n) is 4.79. The van der Waals surface area contributed by atoms with Gasteiger partial charge in [-0.25, -0.2) is 0 Å². The van der Waals surface area contributed by atoms with Crippen molar-refractivity contribution in [2.75, 3.05) is 6.61 Å². The maximum atomic E-state index is 10.2. The molecule has 5 unspecified atom stereocenters. The summed E-state index contributed by atoms with van der Waals surface area (Å²) in [5.74, 6) is 0.212. The van der Waals surface area contributed by atoms with Gasteiger partial charge >= 0.3 is 0 Å². The van der Waals surface area contributed by atoms with Crippen molar-refractivity contribution >= 4 is 12.2 Å². The number of aromatic hydroxyl groups is 2. The molecule has 5 atom stereocenters. The van der Waals surface area contributed by atoms with Gasteiger partial charge in [-0.15, -0.1) is 0 Å². The third-order valence-corrected chi connectivity index (χ3v) is 4.79. The molecule has 1 fully saturated rings. The van der Waals surface area contributed by atoms with Crippen molar-refractivity contribution in [1.29, 1.82) is 0 Å². The summed E-state index contributed by atoms with van der Waals surface area (Å²) < 4.78 is 5.52. The van der Waals surface area contributed by atoms with E-state index in [9.17, 15) is 30.6 Å². The molecule has 0 amide bonds. The average Bonchev–Trinajstić information content (AvgIpc) is 2.67. The van der Waals surface area contributed by atoms with E-state index in [0.717, 1.165) is 5.56 Å². The molecule has 1 aliphatic rings. The first-order valence-corrected chi connectivity index (χ1v) is 8.98. The zero-order chi connectivity index (χ0) is 20.3. The topological polar surface area (TPSA) is 131 Å². The van der Waals surface area contributed by atoms with Crippen LogP contribution in [-0.2, 0) is 11.2 Å². The average molecular weight is 388 g/mol. The molecule has 3 rings (SSSR count). The molecule has 1 heterocycles. The van der Waals surface area contributed by atoms with Gasteiger partial charge in [0, 0.05) is 6.42 Å². The zero-order valence-electron chi connectivity index (χ0n) is 15.1. The van der Waals surface area contributed by atoms with Gasteiger partial charge in [-0.2, -0.15) is 0 Å². The molecule has 150 valence electrons. The predicted molar refractivity (Wildman–Crippen MR) is 103 cm³/mol. The van der Waals surface area contributed by atoms with Crippen LogP contribution in [0.1, 0.15) is 16.7 Å². The van der Waals surface area contributed by atoms with Gasteiger partial charge in [-0.3, -0.25) is 0 Å². The first-order valence-electron chi connectivity index (χ1n) is 8.98. The quantitative estimate of drug-likeness (QED) is 0.415. The Balaban J connectivity index is 1.76. The van der Waals surface area contributed by atoms with Gasteiger partial charge < -0.3 is 35.4 Å². The van der Waals surface area contributed by atoms with E-state index < -0.39 is 37.1 Å². The van der Waals surface area contributed by atoms with E-state index >= 15 is 0 Å². The Labute approximate surface area is 162 Å². The first-order chi connectivity index (χ1) is 13.4. The maximum Gasteiger partial charge on any atom is 0.116 e. The second kappa shape index (κ2) is 8.72. The minimum atomic E-state index is -1.43. The van der Waals surface area contributed by atoms with Gasteiger partial charge in [0.2, 0.25) is 0 Å². The highest BCUT2D eigenvalue weighted by molar-refractivity contribution is 5.70. The number of phenolic OH excluding ortho intramolecular Hbond substituents is 2. The summed E-state index contributed by atoms with van der Waals surface area (Å²) in [6, 6.07) is 11.6. The van der Waals surface area contributed by atoms with Crippen LogP contribution in [0.3, 0.4) is 0 Å². The van der Waals surface area contributed by atoms with Gasteiger partial charge in [-0.1, -0.05) is 30.4 Å². The van der Waals surface area contributed by atoms with Crippen LogP contribution in [0.4, 0.5) is 0 Å². The van der Waals surface area contributed by atoms with E-state index in [2.05, 4.69) is 0 Å². The number of aliphatic hydroxyl groups is 4. The molecule has 28 heavy (non-hydrogen) atoms. The number of hydrogen-bond acceptors (Lipinski definition) is 7. The molecule has 6 N–H and O–H groups in total. The number of hydrogen-bond donors (Lipinski definition) is 6. The number of benzene rings is 2. The third kappa shape index (κ3) is 4.70. The first kappa shape index (κ1) is 20.3. The molecule has 1 saturated heterocycles. The van der Waals surface area contributed by atoms with Crippen molar-refractivity contribution in [2.24, 2.45) is 0 Å². The van der Waals surface area contributed by atoms with Crippen molar-refractivity contribution in [1.82, 2.24) is 0 Å². The Bertz CT molecular complexity index is 816. The monoisotopic (exact) mass is 388 g/mol. The van der Waals surface area contributed by atoms with Crippen LogP contribution in [0.5, 0.6) is 11.5 Å². The van der Waals surface area contributed by atoms with E-state index in [-0.39, 0.29) is 17.9 Å². The SMILES string of the molecule is OCC1OC(Cc2cc(O)cc(C=Cc3ccc(O)cc3)c2)C(O)C(O)C1O. The van der Waals surface area contributed by atoms with Crippen molar-refractivity contribution < 1.29 is 35.4 Å². The summed E-state index contributed by atoms with van der Waals surface area (Å²) in [5, 5.41) is 58.6. The second-order valence-corrected chi connectivity index (χ2v) is 6.93. The summed E-state index contributed by atoms with van der Waals surface area (Å²) in [6.45, 7) is -0.484. The fourth-order valence-electron chi connectivity index (χ4n) is 3.27. The largest absolute Gasteiger partial charge is 0.508 e. The van der Waals surface area contributed by atoms with Crippen LogP contribution >= 0.6 is 0 Å². The molecule has 0 spiro atoms. The summed E-state index contributed by atoms with van der Waals surface area (Å²) in [6.07, 6.45) is -2.16. The van der Waals surface area contributed by atoms with Crippen LogP contribution in [0.2, 0.25) is 0 Å². The fourth-order valence-corrected chi connectivity index (χ4v) is 3.27. The Kier molecular flexibility index (Phi) is 6.33.